The van der Waals surface area contributed by atoms with Gasteiger partial charge in [0.1, 0.15) is 0 Å². The highest BCUT2D eigenvalue weighted by molar-refractivity contribution is 6.08. The van der Waals surface area contributed by atoms with Crippen molar-refractivity contribution in [2.45, 2.75) is 19.5 Å². The first kappa shape index (κ1) is 17.3. The second-order valence-electron chi connectivity index (χ2n) is 5.99. The van der Waals surface area contributed by atoms with E-state index >= 15 is 0 Å². The van der Waals surface area contributed by atoms with E-state index in [1.165, 1.54) is 30.0 Å². The normalized spacial score (nSPS) is 16.9. The molecule has 1 amide bonds. The first-order valence-electron chi connectivity index (χ1n) is 7.93. The van der Waals surface area contributed by atoms with Gasteiger partial charge < -0.3 is 10.0 Å². The number of nitro benzene ring substituents is 1. The first-order valence-corrected chi connectivity index (χ1v) is 7.93. The maximum absolute atomic E-state index is 12.6. The molecule has 0 spiro atoms. The summed E-state index contributed by atoms with van der Waals surface area (Å²) in [5.41, 5.74) is 1.02. The minimum atomic E-state index is -0.875. The van der Waals surface area contributed by atoms with E-state index in [2.05, 4.69) is 0 Å². The Bertz CT molecular complexity index is 921. The van der Waals surface area contributed by atoms with E-state index in [4.69, 9.17) is 0 Å². The van der Waals surface area contributed by atoms with E-state index in [-0.39, 0.29) is 17.8 Å². The molecule has 0 bridgehead atoms. The van der Waals surface area contributed by atoms with Gasteiger partial charge in [0.15, 0.2) is 11.5 Å². The van der Waals surface area contributed by atoms with Crippen molar-refractivity contribution in [3.63, 3.8) is 0 Å². The van der Waals surface area contributed by atoms with Gasteiger partial charge in [-0.3, -0.25) is 19.7 Å². The number of amides is 1. The number of aliphatic hydroxyl groups excluding tert-OH is 1. The summed E-state index contributed by atoms with van der Waals surface area (Å²) >= 11 is 0. The molecule has 0 radical (unpaired) electrons. The molecule has 0 unspecified atom stereocenters. The fraction of sp³-hybridized carbons (Fsp3) is 0.158. The van der Waals surface area contributed by atoms with Crippen LogP contribution in [0.3, 0.4) is 0 Å². The van der Waals surface area contributed by atoms with Crippen LogP contribution in [-0.4, -0.2) is 26.6 Å². The zero-order valence-electron chi connectivity index (χ0n) is 14.0. The quantitative estimate of drug-likeness (QED) is 0.658. The molecule has 1 N–H and O–H groups in total. The van der Waals surface area contributed by atoms with Crippen molar-refractivity contribution in [1.82, 2.24) is 4.90 Å². The third-order valence-corrected chi connectivity index (χ3v) is 4.28. The monoisotopic (exact) mass is 352 g/mol. The molecule has 3 rings (SSSR count). The van der Waals surface area contributed by atoms with Crippen LogP contribution in [0.15, 0.2) is 65.9 Å². The average molecular weight is 352 g/mol. The predicted molar refractivity (Wildman–Crippen MR) is 93.2 cm³/mol. The van der Waals surface area contributed by atoms with Crippen LogP contribution < -0.4 is 0 Å². The van der Waals surface area contributed by atoms with Gasteiger partial charge in [0.2, 0.25) is 0 Å². The van der Waals surface area contributed by atoms with Crippen molar-refractivity contribution in [3.05, 3.63) is 87.2 Å². The molecule has 2 aromatic carbocycles. The van der Waals surface area contributed by atoms with E-state index in [1.54, 1.807) is 6.07 Å². The number of hydrogen-bond donors (Lipinski definition) is 1. The fourth-order valence-corrected chi connectivity index (χ4v) is 3.11. The summed E-state index contributed by atoms with van der Waals surface area (Å²) in [6.45, 7) is 1.42. The highest BCUT2D eigenvalue weighted by Crippen LogP contribution is 2.39. The summed E-state index contributed by atoms with van der Waals surface area (Å²) in [5.74, 6) is -1.73. The van der Waals surface area contributed by atoms with E-state index in [1.807, 2.05) is 30.3 Å². The number of carbonyl (C=O) groups is 2. The number of hydrogen-bond acceptors (Lipinski definition) is 5. The SMILES string of the molecule is CC(=O)C1=C(O)C(=O)N(Cc2ccccc2)[C@H]1c1cccc([N+](=O)[O-])c1. The molecule has 132 valence electrons. The Morgan fingerprint density at radius 3 is 2.50 bits per heavy atom. The summed E-state index contributed by atoms with van der Waals surface area (Å²) < 4.78 is 0. The van der Waals surface area contributed by atoms with Crippen LogP contribution in [-0.2, 0) is 16.1 Å². The maximum Gasteiger partial charge on any atom is 0.290 e. The van der Waals surface area contributed by atoms with Crippen molar-refractivity contribution in [2.75, 3.05) is 0 Å². The van der Waals surface area contributed by atoms with Gasteiger partial charge in [0.25, 0.3) is 11.6 Å². The minimum Gasteiger partial charge on any atom is -0.503 e. The van der Waals surface area contributed by atoms with Crippen LogP contribution in [0.4, 0.5) is 5.69 Å². The smallest absolute Gasteiger partial charge is 0.290 e. The molecule has 1 atom stereocenters. The number of benzene rings is 2. The number of ketones is 1. The van der Waals surface area contributed by atoms with Gasteiger partial charge in [-0.05, 0) is 18.1 Å². The van der Waals surface area contributed by atoms with Gasteiger partial charge in [-0.1, -0.05) is 42.5 Å². The number of aliphatic hydroxyl groups is 1. The third kappa shape index (κ3) is 3.06. The van der Waals surface area contributed by atoms with Gasteiger partial charge in [-0.2, -0.15) is 0 Å². The Labute approximate surface area is 149 Å². The zero-order valence-corrected chi connectivity index (χ0v) is 14.0. The molecular formula is C19H16N2O5. The summed E-state index contributed by atoms with van der Waals surface area (Å²) in [6.07, 6.45) is 0. The van der Waals surface area contributed by atoms with Gasteiger partial charge >= 0.3 is 0 Å². The summed E-state index contributed by atoms with van der Waals surface area (Å²) in [6, 6.07) is 14.0. The zero-order chi connectivity index (χ0) is 18.8. The van der Waals surface area contributed by atoms with Crippen LogP contribution in [0.5, 0.6) is 0 Å². The molecule has 0 aromatic heterocycles. The van der Waals surface area contributed by atoms with Crippen LogP contribution in [0.1, 0.15) is 24.1 Å². The van der Waals surface area contributed by atoms with Gasteiger partial charge in [-0.25, -0.2) is 0 Å². The number of carbonyl (C=O) groups excluding carboxylic acids is 2. The highest BCUT2D eigenvalue weighted by Gasteiger charge is 2.42. The summed E-state index contributed by atoms with van der Waals surface area (Å²) in [4.78, 5) is 36.5. The Balaban J connectivity index is 2.09. The van der Waals surface area contributed by atoms with Gasteiger partial charge in [0.05, 0.1) is 16.5 Å². The third-order valence-electron chi connectivity index (χ3n) is 4.28. The Morgan fingerprint density at radius 1 is 1.19 bits per heavy atom. The second kappa shape index (κ2) is 6.79. The van der Waals surface area contributed by atoms with E-state index in [0.29, 0.717) is 5.56 Å². The van der Waals surface area contributed by atoms with Crippen LogP contribution in [0.25, 0.3) is 0 Å². The van der Waals surface area contributed by atoms with E-state index in [9.17, 15) is 24.8 Å². The van der Waals surface area contributed by atoms with Crippen molar-refractivity contribution in [3.8, 4) is 0 Å². The molecule has 1 aliphatic rings. The van der Waals surface area contributed by atoms with Crippen LogP contribution >= 0.6 is 0 Å². The Hall–Kier alpha value is -3.48. The maximum atomic E-state index is 12.6. The lowest BCUT2D eigenvalue weighted by Gasteiger charge is -2.26. The lowest BCUT2D eigenvalue weighted by molar-refractivity contribution is -0.384. The lowest BCUT2D eigenvalue weighted by atomic mass is 9.96. The molecule has 1 heterocycles. The largest absolute Gasteiger partial charge is 0.503 e. The van der Waals surface area contributed by atoms with E-state index < -0.39 is 28.4 Å². The number of non-ortho nitro benzene ring substituents is 1. The van der Waals surface area contributed by atoms with Crippen LogP contribution in [0, 0.1) is 10.1 Å². The van der Waals surface area contributed by atoms with Gasteiger partial charge in [-0.15, -0.1) is 0 Å². The standard InChI is InChI=1S/C19H16N2O5/c1-12(22)16-17(14-8-5-9-15(10-14)21(25)26)20(19(24)18(16)23)11-13-6-3-2-4-7-13/h2-10,17,23H,11H2,1H3/t17-/m0/s1. The molecule has 26 heavy (non-hydrogen) atoms. The fourth-order valence-electron chi connectivity index (χ4n) is 3.11. The molecule has 0 fully saturated rings. The number of rotatable bonds is 5. The van der Waals surface area contributed by atoms with Crippen molar-refractivity contribution < 1.29 is 19.6 Å². The summed E-state index contributed by atoms with van der Waals surface area (Å²) in [7, 11) is 0. The summed E-state index contributed by atoms with van der Waals surface area (Å²) in [5, 5.41) is 21.3. The van der Waals surface area contributed by atoms with Crippen molar-refractivity contribution in [1.29, 1.82) is 0 Å². The van der Waals surface area contributed by atoms with Crippen molar-refractivity contribution in [2.24, 2.45) is 0 Å². The number of Topliss-reactive ketones (excluding diaryl/α,β-unsaturated/α-hetero) is 1. The number of nitrogens with zero attached hydrogens (tertiary/aromatic N) is 2. The lowest BCUT2D eigenvalue weighted by Crippen LogP contribution is -2.30. The predicted octanol–water partition coefficient (Wildman–Crippen LogP) is 3.08. The topological polar surface area (TPSA) is 101 Å². The second-order valence-corrected chi connectivity index (χ2v) is 5.99. The first-order chi connectivity index (χ1) is 12.4. The molecule has 0 saturated heterocycles. The highest BCUT2D eigenvalue weighted by atomic mass is 16.6. The molecule has 0 saturated carbocycles. The molecule has 2 aromatic rings. The molecule has 0 aliphatic carbocycles. The van der Waals surface area contributed by atoms with Crippen LogP contribution in [0.2, 0.25) is 0 Å². The number of nitro groups is 1. The van der Waals surface area contributed by atoms with Gasteiger partial charge in [0, 0.05) is 18.7 Å². The minimum absolute atomic E-state index is 0.0496. The Kier molecular flexibility index (Phi) is 4.53. The molecule has 1 aliphatic heterocycles. The van der Waals surface area contributed by atoms with Crippen molar-refractivity contribution >= 4 is 17.4 Å². The molecule has 7 heteroatoms. The van der Waals surface area contributed by atoms with E-state index in [0.717, 1.165) is 5.56 Å². The Morgan fingerprint density at radius 2 is 1.88 bits per heavy atom. The molecular weight excluding hydrogens is 336 g/mol. The molecule has 7 nitrogen and oxygen atoms in total. The average Bonchev–Trinajstić information content (AvgIpc) is 2.88.